The summed E-state index contributed by atoms with van der Waals surface area (Å²) in [5.74, 6) is 0.960. The first-order chi connectivity index (χ1) is 8.33. The van der Waals surface area contributed by atoms with E-state index in [0.29, 0.717) is 23.8 Å². The maximum atomic E-state index is 11.2. The van der Waals surface area contributed by atoms with Crippen LogP contribution in [-0.4, -0.2) is 57.0 Å². The van der Waals surface area contributed by atoms with Gasteiger partial charge in [-0.3, -0.25) is 4.90 Å². The molecule has 1 aliphatic rings. The van der Waals surface area contributed by atoms with E-state index in [0.717, 1.165) is 26.1 Å². The van der Waals surface area contributed by atoms with E-state index in [4.69, 9.17) is 0 Å². The van der Waals surface area contributed by atoms with Gasteiger partial charge in [0.15, 0.2) is 0 Å². The average Bonchev–Trinajstić information content (AvgIpc) is 2.26. The minimum absolute atomic E-state index is 0.304. The first-order valence-corrected chi connectivity index (χ1v) is 9.04. The third kappa shape index (κ3) is 5.24. The SMILES string of the molecule is CCC(C)C1CNC(C)CN1CCCS(C)(=O)=O. The Labute approximate surface area is 112 Å². The zero-order valence-corrected chi connectivity index (χ0v) is 13.0. The van der Waals surface area contributed by atoms with Crippen molar-refractivity contribution in [2.75, 3.05) is 31.6 Å². The molecule has 1 saturated heterocycles. The predicted molar refractivity (Wildman–Crippen MR) is 76.6 cm³/mol. The van der Waals surface area contributed by atoms with E-state index in [1.54, 1.807) is 0 Å². The van der Waals surface area contributed by atoms with Gasteiger partial charge in [0.05, 0.1) is 5.75 Å². The predicted octanol–water partition coefficient (Wildman–Crippen LogP) is 1.13. The maximum Gasteiger partial charge on any atom is 0.147 e. The van der Waals surface area contributed by atoms with Gasteiger partial charge in [-0.2, -0.15) is 0 Å². The molecule has 1 fully saturated rings. The van der Waals surface area contributed by atoms with Gasteiger partial charge in [0, 0.05) is 31.4 Å². The van der Waals surface area contributed by atoms with Gasteiger partial charge in [-0.1, -0.05) is 20.3 Å². The van der Waals surface area contributed by atoms with E-state index in [1.165, 1.54) is 12.7 Å². The van der Waals surface area contributed by atoms with Crippen LogP contribution in [0.15, 0.2) is 0 Å². The Morgan fingerprint density at radius 1 is 1.44 bits per heavy atom. The number of rotatable bonds is 6. The highest BCUT2D eigenvalue weighted by Crippen LogP contribution is 2.18. The van der Waals surface area contributed by atoms with E-state index in [9.17, 15) is 8.42 Å². The van der Waals surface area contributed by atoms with E-state index in [2.05, 4.69) is 31.0 Å². The summed E-state index contributed by atoms with van der Waals surface area (Å²) in [4.78, 5) is 2.47. The number of hydrogen-bond donors (Lipinski definition) is 1. The maximum absolute atomic E-state index is 11.2. The summed E-state index contributed by atoms with van der Waals surface area (Å²) in [6, 6.07) is 1.05. The van der Waals surface area contributed by atoms with Crippen LogP contribution in [0.1, 0.15) is 33.6 Å². The minimum Gasteiger partial charge on any atom is -0.311 e. The largest absolute Gasteiger partial charge is 0.311 e. The Morgan fingerprint density at radius 2 is 2.11 bits per heavy atom. The molecule has 0 aromatic carbocycles. The second-order valence-electron chi connectivity index (χ2n) is 5.74. The molecule has 18 heavy (non-hydrogen) atoms. The molecule has 1 N–H and O–H groups in total. The van der Waals surface area contributed by atoms with Crippen LogP contribution >= 0.6 is 0 Å². The lowest BCUT2D eigenvalue weighted by Crippen LogP contribution is -2.57. The van der Waals surface area contributed by atoms with Gasteiger partial charge in [-0.25, -0.2) is 8.42 Å². The Kier molecular flexibility index (Phi) is 6.08. The van der Waals surface area contributed by atoms with E-state index >= 15 is 0 Å². The van der Waals surface area contributed by atoms with Crippen molar-refractivity contribution < 1.29 is 8.42 Å². The standard InChI is InChI=1S/C13H28N2O2S/c1-5-11(2)13-9-14-12(3)10-15(13)7-6-8-18(4,16)17/h11-14H,5-10H2,1-4H3. The van der Waals surface area contributed by atoms with Gasteiger partial charge >= 0.3 is 0 Å². The van der Waals surface area contributed by atoms with Crippen molar-refractivity contribution in [3.63, 3.8) is 0 Å². The van der Waals surface area contributed by atoms with Crippen LogP contribution in [0.4, 0.5) is 0 Å². The molecule has 0 spiro atoms. The zero-order chi connectivity index (χ0) is 13.8. The first-order valence-electron chi connectivity index (χ1n) is 6.98. The molecule has 3 atom stereocenters. The van der Waals surface area contributed by atoms with Crippen molar-refractivity contribution in [2.24, 2.45) is 5.92 Å². The monoisotopic (exact) mass is 276 g/mol. The summed E-state index contributed by atoms with van der Waals surface area (Å²) < 4.78 is 22.4. The number of nitrogens with one attached hydrogen (secondary N) is 1. The number of nitrogens with zero attached hydrogens (tertiary/aromatic N) is 1. The lowest BCUT2D eigenvalue weighted by atomic mass is 9.94. The van der Waals surface area contributed by atoms with Crippen molar-refractivity contribution >= 4 is 9.84 Å². The average molecular weight is 276 g/mol. The molecule has 3 unspecified atom stereocenters. The zero-order valence-electron chi connectivity index (χ0n) is 12.1. The molecule has 0 aliphatic carbocycles. The summed E-state index contributed by atoms with van der Waals surface area (Å²) in [5, 5.41) is 3.52. The lowest BCUT2D eigenvalue weighted by molar-refractivity contribution is 0.0960. The Hall–Kier alpha value is -0.130. The minimum atomic E-state index is -2.82. The summed E-state index contributed by atoms with van der Waals surface area (Å²) in [6.07, 6.45) is 3.24. The van der Waals surface area contributed by atoms with Crippen LogP contribution in [0.3, 0.4) is 0 Å². The van der Waals surface area contributed by atoms with Crippen LogP contribution in [0.25, 0.3) is 0 Å². The molecule has 1 heterocycles. The summed E-state index contributed by atoms with van der Waals surface area (Å²) in [7, 11) is -2.82. The molecular weight excluding hydrogens is 248 g/mol. The number of piperazine rings is 1. The van der Waals surface area contributed by atoms with Gasteiger partial charge in [-0.15, -0.1) is 0 Å². The molecule has 0 aromatic heterocycles. The van der Waals surface area contributed by atoms with Crippen molar-refractivity contribution in [3.8, 4) is 0 Å². The highest BCUT2D eigenvalue weighted by atomic mass is 32.2. The van der Waals surface area contributed by atoms with Crippen molar-refractivity contribution in [3.05, 3.63) is 0 Å². The molecule has 0 bridgehead atoms. The van der Waals surface area contributed by atoms with Gasteiger partial charge in [-0.05, 0) is 25.8 Å². The van der Waals surface area contributed by atoms with Crippen LogP contribution < -0.4 is 5.32 Å². The first kappa shape index (κ1) is 15.9. The molecule has 0 aromatic rings. The lowest BCUT2D eigenvalue weighted by Gasteiger charge is -2.42. The van der Waals surface area contributed by atoms with Crippen LogP contribution in [-0.2, 0) is 9.84 Å². The molecule has 5 heteroatoms. The Morgan fingerprint density at radius 3 is 2.67 bits per heavy atom. The third-order valence-corrected chi connectivity index (χ3v) is 4.94. The van der Waals surface area contributed by atoms with E-state index in [1.807, 2.05) is 0 Å². The topological polar surface area (TPSA) is 49.4 Å². The second kappa shape index (κ2) is 6.87. The molecule has 4 nitrogen and oxygen atoms in total. The van der Waals surface area contributed by atoms with Gasteiger partial charge in [0.25, 0.3) is 0 Å². The van der Waals surface area contributed by atoms with Gasteiger partial charge in [0.2, 0.25) is 0 Å². The molecule has 0 saturated carbocycles. The summed E-state index contributed by atoms with van der Waals surface area (Å²) in [5.41, 5.74) is 0. The fraction of sp³-hybridized carbons (Fsp3) is 1.00. The second-order valence-corrected chi connectivity index (χ2v) is 8.00. The molecule has 108 valence electrons. The van der Waals surface area contributed by atoms with E-state index in [-0.39, 0.29) is 0 Å². The Balaban J connectivity index is 2.51. The molecule has 0 amide bonds. The fourth-order valence-electron chi connectivity index (χ4n) is 2.62. The molecular formula is C13H28N2O2S. The number of hydrogen-bond acceptors (Lipinski definition) is 4. The fourth-order valence-corrected chi connectivity index (χ4v) is 3.28. The van der Waals surface area contributed by atoms with Gasteiger partial charge < -0.3 is 5.32 Å². The highest BCUT2D eigenvalue weighted by Gasteiger charge is 2.28. The van der Waals surface area contributed by atoms with Crippen LogP contribution in [0.5, 0.6) is 0 Å². The van der Waals surface area contributed by atoms with E-state index < -0.39 is 9.84 Å². The number of sulfone groups is 1. The smallest absolute Gasteiger partial charge is 0.147 e. The summed E-state index contributed by atoms with van der Waals surface area (Å²) >= 11 is 0. The highest BCUT2D eigenvalue weighted by molar-refractivity contribution is 7.90. The third-order valence-electron chi connectivity index (χ3n) is 3.91. The van der Waals surface area contributed by atoms with Crippen LogP contribution in [0, 0.1) is 5.92 Å². The van der Waals surface area contributed by atoms with Crippen molar-refractivity contribution in [2.45, 2.75) is 45.7 Å². The molecule has 1 aliphatic heterocycles. The molecule has 0 radical (unpaired) electrons. The molecule has 1 rings (SSSR count). The normalized spacial score (nSPS) is 28.2. The van der Waals surface area contributed by atoms with Crippen LogP contribution in [0.2, 0.25) is 0 Å². The van der Waals surface area contributed by atoms with Gasteiger partial charge in [0.1, 0.15) is 9.84 Å². The van der Waals surface area contributed by atoms with Crippen molar-refractivity contribution in [1.82, 2.24) is 10.2 Å². The summed E-state index contributed by atoms with van der Waals surface area (Å²) in [6.45, 7) is 9.64. The van der Waals surface area contributed by atoms with Crippen molar-refractivity contribution in [1.29, 1.82) is 0 Å². The Bertz CT molecular complexity index is 343. The quantitative estimate of drug-likeness (QED) is 0.790.